The monoisotopic (exact) mass is 499 g/mol. The predicted octanol–water partition coefficient (Wildman–Crippen LogP) is 5.98. The van der Waals surface area contributed by atoms with Gasteiger partial charge in [-0.15, -0.1) is 4.72 Å². The number of benzene rings is 2. The topological polar surface area (TPSA) is 44.3 Å². The summed E-state index contributed by atoms with van der Waals surface area (Å²) in [4.78, 5) is 0. The highest BCUT2D eigenvalue weighted by molar-refractivity contribution is 7.90. The van der Waals surface area contributed by atoms with Crippen molar-refractivity contribution in [2.45, 2.75) is 84.1 Å². The summed E-state index contributed by atoms with van der Waals surface area (Å²) in [5.74, 6) is 0.521. The third-order valence-corrected chi connectivity index (χ3v) is 12.6. The Kier molecular flexibility index (Phi) is 10.6. The van der Waals surface area contributed by atoms with Gasteiger partial charge in [-0.05, 0) is 54.9 Å². The van der Waals surface area contributed by atoms with Crippen molar-refractivity contribution in [3.05, 3.63) is 72.8 Å². The van der Waals surface area contributed by atoms with Gasteiger partial charge < -0.3 is 8.98 Å². The Morgan fingerprint density at radius 2 is 1.41 bits per heavy atom. The molecular weight excluding hydrogens is 454 g/mol. The van der Waals surface area contributed by atoms with Crippen LogP contribution in [0.1, 0.15) is 68.2 Å². The number of rotatable bonds is 11. The Bertz CT molecular complexity index is 833. The molecule has 2 aromatic carbocycles. The fourth-order valence-electron chi connectivity index (χ4n) is 4.29. The lowest BCUT2D eigenvalue weighted by Crippen LogP contribution is -2.66. The molecule has 0 saturated carbocycles. The van der Waals surface area contributed by atoms with Gasteiger partial charge >= 0.3 is 0 Å². The van der Waals surface area contributed by atoms with Crippen LogP contribution in [0, 0.1) is 5.92 Å². The molecule has 0 spiro atoms. The summed E-state index contributed by atoms with van der Waals surface area (Å²) in [5.41, 5.74) is 0. The van der Waals surface area contributed by atoms with Crippen molar-refractivity contribution >= 4 is 30.1 Å². The van der Waals surface area contributed by atoms with Gasteiger partial charge in [0.15, 0.2) is 0 Å². The second-order valence-electron chi connectivity index (χ2n) is 11.5. The summed E-state index contributed by atoms with van der Waals surface area (Å²) < 4.78 is 22.7. The van der Waals surface area contributed by atoms with Crippen LogP contribution in [0.4, 0.5) is 0 Å². The van der Waals surface area contributed by atoms with Gasteiger partial charge in [0.25, 0.3) is 8.32 Å². The van der Waals surface area contributed by atoms with Crippen molar-refractivity contribution in [2.24, 2.45) is 5.92 Å². The maximum atomic E-state index is 12.6. The summed E-state index contributed by atoms with van der Waals surface area (Å²) in [6.07, 6.45) is 6.15. The highest BCUT2D eigenvalue weighted by Crippen LogP contribution is 2.36. The fraction of sp³-hybridized carbons (Fsp3) is 0.517. The van der Waals surface area contributed by atoms with E-state index in [1.807, 2.05) is 20.8 Å². The van der Waals surface area contributed by atoms with Crippen molar-refractivity contribution in [1.29, 1.82) is 0 Å². The summed E-state index contributed by atoms with van der Waals surface area (Å²) >= 11 is -1.09. The van der Waals surface area contributed by atoms with E-state index in [9.17, 15) is 4.55 Å². The van der Waals surface area contributed by atoms with Gasteiger partial charge in [-0.1, -0.05) is 107 Å². The minimum Gasteiger partial charge on any atom is -0.598 e. The smallest absolute Gasteiger partial charge is 0.261 e. The van der Waals surface area contributed by atoms with Crippen LogP contribution < -0.4 is 15.1 Å². The largest absolute Gasteiger partial charge is 0.598 e. The van der Waals surface area contributed by atoms with E-state index < -0.39 is 19.7 Å². The number of nitrogens with one attached hydrogen (secondary N) is 1. The molecule has 0 radical (unpaired) electrons. The van der Waals surface area contributed by atoms with E-state index in [0.717, 1.165) is 12.8 Å². The number of hydrogen-bond donors (Lipinski definition) is 1. The van der Waals surface area contributed by atoms with E-state index in [4.69, 9.17) is 4.43 Å². The van der Waals surface area contributed by atoms with Crippen molar-refractivity contribution in [1.82, 2.24) is 4.72 Å². The molecule has 0 aliphatic heterocycles. The molecule has 2 rings (SSSR count). The van der Waals surface area contributed by atoms with Crippen molar-refractivity contribution < 1.29 is 8.98 Å². The lowest BCUT2D eigenvalue weighted by molar-refractivity contribution is 0.304. The molecule has 3 nitrogen and oxygen atoms in total. The van der Waals surface area contributed by atoms with Gasteiger partial charge in [0, 0.05) is 18.0 Å². The van der Waals surface area contributed by atoms with E-state index in [0.29, 0.717) is 12.5 Å². The van der Waals surface area contributed by atoms with Crippen molar-refractivity contribution in [2.75, 3.05) is 6.61 Å². The quantitative estimate of drug-likeness (QED) is 0.179. The summed E-state index contributed by atoms with van der Waals surface area (Å²) in [6.45, 7) is 18.0. The summed E-state index contributed by atoms with van der Waals surface area (Å²) in [6, 6.07) is 21.6. The molecule has 5 heteroatoms. The lowest BCUT2D eigenvalue weighted by atomic mass is 10.0. The highest BCUT2D eigenvalue weighted by atomic mass is 32.2. The van der Waals surface area contributed by atoms with Crippen molar-refractivity contribution in [3.63, 3.8) is 0 Å². The minimum absolute atomic E-state index is 0.0231. The Morgan fingerprint density at radius 1 is 0.912 bits per heavy atom. The Balaban J connectivity index is 2.21. The lowest BCUT2D eigenvalue weighted by Gasteiger charge is -2.43. The van der Waals surface area contributed by atoms with Crippen LogP contribution >= 0.6 is 0 Å². The fourth-order valence-corrected chi connectivity index (χ4v) is 9.67. The molecule has 0 amide bonds. The van der Waals surface area contributed by atoms with E-state index in [-0.39, 0.29) is 15.8 Å². The SMILES string of the molecule is CC(C)C[C@@H](/C=C/CCO[Si](c1ccccc1)(c1ccccc1)C(C)(C)C)N[S+]([O-])C(C)(C)C. The average molecular weight is 500 g/mol. The van der Waals surface area contributed by atoms with Gasteiger partial charge in [0.05, 0.1) is 6.04 Å². The molecule has 0 aliphatic rings. The zero-order valence-corrected chi connectivity index (χ0v) is 24.2. The standard InChI is InChI=1S/C29H45NO2SSi/c1-24(2)23-25(30-33(31)28(3,4)5)17-15-16-22-32-34(29(6,7)8,26-18-11-9-12-19-26)27-20-13-10-14-21-27/h9-15,17-21,24-25,30H,16,22-23H2,1-8H3/b17-15+/t25-,33?/m1/s1. The summed E-state index contributed by atoms with van der Waals surface area (Å²) in [5, 5.41) is 2.58. The van der Waals surface area contributed by atoms with Gasteiger partial charge in [0.1, 0.15) is 4.75 Å². The first kappa shape index (κ1) is 28.9. The molecule has 2 atom stereocenters. The van der Waals surface area contributed by atoms with E-state index in [1.165, 1.54) is 10.4 Å². The van der Waals surface area contributed by atoms with Crippen LogP contribution in [0.25, 0.3) is 0 Å². The second-order valence-corrected chi connectivity index (χ2v) is 17.8. The molecule has 0 heterocycles. The average Bonchev–Trinajstić information content (AvgIpc) is 2.75. The first-order chi connectivity index (χ1) is 15.9. The van der Waals surface area contributed by atoms with Crippen LogP contribution in [0.2, 0.25) is 5.04 Å². The summed E-state index contributed by atoms with van der Waals surface area (Å²) in [7, 11) is -2.50. The first-order valence-corrected chi connectivity index (χ1v) is 15.5. The van der Waals surface area contributed by atoms with Crippen molar-refractivity contribution in [3.8, 4) is 0 Å². The van der Waals surface area contributed by atoms with E-state index in [2.05, 4.69) is 112 Å². The van der Waals surface area contributed by atoms with Gasteiger partial charge in [0.2, 0.25) is 0 Å². The Hall–Kier alpha value is -1.37. The molecular formula is C29H45NO2SSi. The van der Waals surface area contributed by atoms with Gasteiger partial charge in [-0.25, -0.2) is 0 Å². The van der Waals surface area contributed by atoms with Crippen LogP contribution in [-0.4, -0.2) is 30.3 Å². The minimum atomic E-state index is -2.50. The molecule has 0 fully saturated rings. The molecule has 2 aromatic rings. The highest BCUT2D eigenvalue weighted by Gasteiger charge is 2.49. The maximum absolute atomic E-state index is 12.6. The third kappa shape index (κ3) is 7.82. The molecule has 1 unspecified atom stereocenters. The zero-order valence-electron chi connectivity index (χ0n) is 22.4. The molecule has 1 N–H and O–H groups in total. The first-order valence-electron chi connectivity index (χ1n) is 12.5. The predicted molar refractivity (Wildman–Crippen MR) is 152 cm³/mol. The van der Waals surface area contributed by atoms with Crippen LogP contribution in [0.15, 0.2) is 72.8 Å². The Labute approximate surface area is 212 Å². The number of hydrogen-bond acceptors (Lipinski definition) is 3. The third-order valence-electron chi connectivity index (χ3n) is 5.93. The van der Waals surface area contributed by atoms with Crippen LogP contribution in [0.5, 0.6) is 0 Å². The van der Waals surface area contributed by atoms with Gasteiger partial charge in [-0.3, -0.25) is 0 Å². The zero-order chi connectivity index (χ0) is 25.4. The molecule has 0 bridgehead atoms. The molecule has 0 aromatic heterocycles. The van der Waals surface area contributed by atoms with Crippen LogP contribution in [-0.2, 0) is 15.8 Å². The van der Waals surface area contributed by atoms with Crippen LogP contribution in [0.3, 0.4) is 0 Å². The maximum Gasteiger partial charge on any atom is 0.261 e. The normalized spacial score (nSPS) is 15.1. The Morgan fingerprint density at radius 3 is 1.82 bits per heavy atom. The van der Waals surface area contributed by atoms with E-state index >= 15 is 0 Å². The molecule has 0 aliphatic carbocycles. The molecule has 188 valence electrons. The second kappa shape index (κ2) is 12.5. The van der Waals surface area contributed by atoms with Gasteiger partial charge in [-0.2, -0.15) is 0 Å². The van der Waals surface area contributed by atoms with E-state index in [1.54, 1.807) is 0 Å². The molecule has 0 saturated heterocycles. The molecule has 34 heavy (non-hydrogen) atoms.